The third-order valence-corrected chi connectivity index (χ3v) is 5.79. The fourth-order valence-corrected chi connectivity index (χ4v) is 4.39. The van der Waals surface area contributed by atoms with Gasteiger partial charge in [-0.15, -0.1) is 11.3 Å². The largest absolute Gasteiger partial charge is 0.347 e. The van der Waals surface area contributed by atoms with E-state index in [1.807, 2.05) is 23.6 Å². The van der Waals surface area contributed by atoms with Crippen LogP contribution in [-0.4, -0.2) is 29.0 Å². The van der Waals surface area contributed by atoms with Crippen LogP contribution in [0, 0.1) is 5.92 Å². The zero-order valence-corrected chi connectivity index (χ0v) is 14.1. The summed E-state index contributed by atoms with van der Waals surface area (Å²) >= 11 is 3.14. The number of hydrogen-bond acceptors (Lipinski definition) is 6. The van der Waals surface area contributed by atoms with Crippen LogP contribution in [0.1, 0.15) is 12.8 Å². The summed E-state index contributed by atoms with van der Waals surface area (Å²) in [6.07, 6.45) is 3.62. The summed E-state index contributed by atoms with van der Waals surface area (Å²) in [5.74, 6) is 0.0467. The van der Waals surface area contributed by atoms with Crippen molar-refractivity contribution in [2.75, 3.05) is 23.3 Å². The lowest BCUT2D eigenvalue weighted by molar-refractivity contribution is -0.120. The molecule has 1 aliphatic heterocycles. The molecule has 1 atom stereocenters. The quantitative estimate of drug-likeness (QED) is 0.788. The molecule has 5 nitrogen and oxygen atoms in total. The standard InChI is InChI=1S/C16H16N4OS2/c21-14(19-15-17-7-9-22-15)11-4-3-8-20(10-11)16-18-12-5-1-2-6-13(12)23-16/h1-2,5-7,9,11H,3-4,8,10H2,(H,17,19,21). The van der Waals surface area contributed by atoms with Crippen molar-refractivity contribution in [1.82, 2.24) is 9.97 Å². The van der Waals surface area contributed by atoms with E-state index < -0.39 is 0 Å². The van der Waals surface area contributed by atoms with E-state index >= 15 is 0 Å². The van der Waals surface area contributed by atoms with Gasteiger partial charge in [0.15, 0.2) is 10.3 Å². The molecule has 0 bridgehead atoms. The first-order valence-electron chi connectivity index (χ1n) is 7.60. The Labute approximate surface area is 142 Å². The van der Waals surface area contributed by atoms with Crippen LogP contribution in [0.25, 0.3) is 10.2 Å². The van der Waals surface area contributed by atoms with E-state index in [0.29, 0.717) is 5.13 Å². The molecule has 3 aromatic rings. The second-order valence-electron chi connectivity index (χ2n) is 5.58. The van der Waals surface area contributed by atoms with E-state index in [4.69, 9.17) is 4.98 Å². The Morgan fingerprint density at radius 1 is 1.35 bits per heavy atom. The molecule has 0 saturated carbocycles. The minimum Gasteiger partial charge on any atom is -0.347 e. The number of nitrogens with one attached hydrogen (secondary N) is 1. The van der Waals surface area contributed by atoms with Gasteiger partial charge in [-0.3, -0.25) is 4.79 Å². The number of thiazole rings is 2. The molecule has 0 radical (unpaired) electrons. The van der Waals surface area contributed by atoms with Crippen LogP contribution in [0.3, 0.4) is 0 Å². The van der Waals surface area contributed by atoms with Crippen molar-refractivity contribution in [2.45, 2.75) is 12.8 Å². The highest BCUT2D eigenvalue weighted by molar-refractivity contribution is 7.22. The highest BCUT2D eigenvalue weighted by Gasteiger charge is 2.27. The number of aromatic nitrogens is 2. The van der Waals surface area contributed by atoms with E-state index in [2.05, 4.69) is 21.3 Å². The average molecular weight is 344 g/mol. The van der Waals surface area contributed by atoms with Gasteiger partial charge in [-0.1, -0.05) is 23.5 Å². The van der Waals surface area contributed by atoms with Gasteiger partial charge in [0.2, 0.25) is 5.91 Å². The molecule has 0 aliphatic carbocycles. The zero-order chi connectivity index (χ0) is 15.6. The van der Waals surface area contributed by atoms with Crippen molar-refractivity contribution in [1.29, 1.82) is 0 Å². The number of anilines is 2. The summed E-state index contributed by atoms with van der Waals surface area (Å²) in [5.41, 5.74) is 1.03. The number of nitrogens with zero attached hydrogens (tertiary/aromatic N) is 3. The number of hydrogen-bond donors (Lipinski definition) is 1. The molecule has 3 heterocycles. The Bertz CT molecular complexity index is 781. The topological polar surface area (TPSA) is 58.1 Å². The minimum absolute atomic E-state index is 0.0142. The van der Waals surface area contributed by atoms with Crippen LogP contribution < -0.4 is 10.2 Å². The molecule has 1 aliphatic rings. The average Bonchev–Trinajstić information content (AvgIpc) is 3.24. The Kier molecular flexibility index (Phi) is 3.97. The smallest absolute Gasteiger partial charge is 0.231 e. The lowest BCUT2D eigenvalue weighted by Crippen LogP contribution is -2.40. The summed E-state index contributed by atoms with van der Waals surface area (Å²) in [5, 5.41) is 6.47. The first-order chi connectivity index (χ1) is 11.3. The van der Waals surface area contributed by atoms with Crippen molar-refractivity contribution < 1.29 is 4.79 Å². The lowest BCUT2D eigenvalue weighted by Gasteiger charge is -2.31. The minimum atomic E-state index is -0.0142. The normalized spacial score (nSPS) is 18.3. The van der Waals surface area contributed by atoms with Gasteiger partial charge in [-0.25, -0.2) is 9.97 Å². The van der Waals surface area contributed by atoms with Gasteiger partial charge in [0, 0.05) is 24.7 Å². The molecule has 118 valence electrons. The van der Waals surface area contributed by atoms with Crippen molar-refractivity contribution in [2.24, 2.45) is 5.92 Å². The van der Waals surface area contributed by atoms with Crippen molar-refractivity contribution in [3.05, 3.63) is 35.8 Å². The van der Waals surface area contributed by atoms with Crippen molar-refractivity contribution in [3.8, 4) is 0 Å². The van der Waals surface area contributed by atoms with E-state index in [1.54, 1.807) is 17.5 Å². The molecule has 1 N–H and O–H groups in total. The van der Waals surface area contributed by atoms with Crippen LogP contribution in [0.5, 0.6) is 0 Å². The van der Waals surface area contributed by atoms with Gasteiger partial charge in [0.25, 0.3) is 0 Å². The molecule has 7 heteroatoms. The summed E-state index contributed by atoms with van der Waals surface area (Å²) in [7, 11) is 0. The fourth-order valence-electron chi connectivity index (χ4n) is 2.85. The van der Waals surface area contributed by atoms with Crippen LogP contribution >= 0.6 is 22.7 Å². The summed E-state index contributed by atoms with van der Waals surface area (Å²) < 4.78 is 1.19. The zero-order valence-electron chi connectivity index (χ0n) is 12.4. The van der Waals surface area contributed by atoms with Crippen molar-refractivity contribution >= 4 is 49.1 Å². The molecule has 23 heavy (non-hydrogen) atoms. The van der Waals surface area contributed by atoms with Crippen LogP contribution in [0.4, 0.5) is 10.3 Å². The molecule has 1 amide bonds. The maximum Gasteiger partial charge on any atom is 0.231 e. The molecule has 1 fully saturated rings. The molecular weight excluding hydrogens is 328 g/mol. The number of carbonyl (C=O) groups excluding carboxylic acids is 1. The van der Waals surface area contributed by atoms with Gasteiger partial charge in [-0.2, -0.15) is 0 Å². The van der Waals surface area contributed by atoms with E-state index in [-0.39, 0.29) is 11.8 Å². The van der Waals surface area contributed by atoms with Gasteiger partial charge in [-0.05, 0) is 25.0 Å². The Morgan fingerprint density at radius 2 is 2.26 bits per heavy atom. The molecule has 1 aromatic carbocycles. The Hall–Kier alpha value is -1.99. The van der Waals surface area contributed by atoms with E-state index in [0.717, 1.165) is 36.6 Å². The first-order valence-corrected chi connectivity index (χ1v) is 9.30. The van der Waals surface area contributed by atoms with Crippen LogP contribution in [0.15, 0.2) is 35.8 Å². The highest BCUT2D eigenvalue weighted by atomic mass is 32.1. The molecule has 1 unspecified atom stereocenters. The predicted octanol–water partition coefficient (Wildman–Crippen LogP) is 3.61. The molecule has 2 aromatic heterocycles. The highest BCUT2D eigenvalue weighted by Crippen LogP contribution is 2.31. The predicted molar refractivity (Wildman–Crippen MR) is 95.3 cm³/mol. The summed E-state index contributed by atoms with van der Waals surface area (Å²) in [4.78, 5) is 23.5. The second-order valence-corrected chi connectivity index (χ2v) is 7.48. The molecule has 4 rings (SSSR count). The fraction of sp³-hybridized carbons (Fsp3) is 0.312. The maximum atomic E-state index is 12.4. The molecule has 1 saturated heterocycles. The number of amides is 1. The van der Waals surface area contributed by atoms with Gasteiger partial charge >= 0.3 is 0 Å². The number of rotatable bonds is 3. The number of para-hydroxylation sites is 1. The molecule has 0 spiro atoms. The van der Waals surface area contributed by atoms with Gasteiger partial charge in [0.1, 0.15) is 0 Å². The van der Waals surface area contributed by atoms with Crippen LogP contribution in [-0.2, 0) is 4.79 Å². The monoisotopic (exact) mass is 344 g/mol. The third-order valence-electron chi connectivity index (χ3n) is 4.01. The number of carbonyl (C=O) groups is 1. The maximum absolute atomic E-state index is 12.4. The van der Waals surface area contributed by atoms with E-state index in [9.17, 15) is 4.79 Å². The summed E-state index contributed by atoms with van der Waals surface area (Å²) in [6.45, 7) is 1.68. The summed E-state index contributed by atoms with van der Waals surface area (Å²) in [6, 6.07) is 8.16. The Morgan fingerprint density at radius 3 is 3.09 bits per heavy atom. The number of fused-ring (bicyclic) bond motifs is 1. The SMILES string of the molecule is O=C(Nc1nccs1)C1CCCN(c2nc3ccccc3s2)C1. The van der Waals surface area contributed by atoms with Gasteiger partial charge in [0.05, 0.1) is 16.1 Å². The van der Waals surface area contributed by atoms with Crippen LogP contribution in [0.2, 0.25) is 0 Å². The van der Waals surface area contributed by atoms with E-state index in [1.165, 1.54) is 16.0 Å². The lowest BCUT2D eigenvalue weighted by atomic mass is 9.97. The van der Waals surface area contributed by atoms with Gasteiger partial charge < -0.3 is 10.2 Å². The number of piperidine rings is 1. The Balaban J connectivity index is 1.49. The third kappa shape index (κ3) is 3.07. The van der Waals surface area contributed by atoms with Crippen molar-refractivity contribution in [3.63, 3.8) is 0 Å². The first kappa shape index (κ1) is 14.6. The second kappa shape index (κ2) is 6.25. The molecular formula is C16H16N4OS2. The number of benzene rings is 1.